The van der Waals surface area contributed by atoms with E-state index in [1.54, 1.807) is 0 Å². The normalized spacial score (nSPS) is 15.9. The molecule has 0 spiro atoms. The quantitative estimate of drug-likeness (QED) is 0.244. The van der Waals surface area contributed by atoms with E-state index in [9.17, 15) is 0 Å². The number of nitrogens with one attached hydrogen (secondary N) is 1. The lowest BCUT2D eigenvalue weighted by atomic mass is 10.1. The van der Waals surface area contributed by atoms with Crippen LogP contribution in [0.1, 0.15) is 37.8 Å². The maximum absolute atomic E-state index is 4.85. The van der Waals surface area contributed by atoms with E-state index in [1.165, 1.54) is 56.8 Å². The fourth-order valence-corrected chi connectivity index (χ4v) is 3.55. The Bertz CT molecular complexity index is 570. The molecule has 1 N–H and O–H groups in total. The zero-order valence-corrected chi connectivity index (χ0v) is 20.6. The molecule has 0 amide bonds. The molecular formula is C22H40IN5. The maximum Gasteiger partial charge on any atom is 0.193 e. The summed E-state index contributed by atoms with van der Waals surface area (Å²) in [6.07, 6.45) is 2.39. The molecule has 1 saturated heterocycles. The SMILES string of the molecule is CCNC(=NCCCCN1CCN(CC)CC1)N(C)Cc1ccccc1C.I. The second-order valence-electron chi connectivity index (χ2n) is 7.50. The zero-order valence-electron chi connectivity index (χ0n) is 18.3. The first-order valence-electron chi connectivity index (χ1n) is 10.6. The molecule has 1 fully saturated rings. The van der Waals surface area contributed by atoms with Gasteiger partial charge in [-0.05, 0) is 50.9 Å². The standard InChI is InChI=1S/C22H39N5.HI/c1-5-23-22(25(4)19-21-12-8-7-11-20(21)3)24-13-9-10-14-27-17-15-26(6-2)16-18-27;/h7-8,11-12H,5-6,9-10,13-19H2,1-4H3,(H,23,24);1H. The van der Waals surface area contributed by atoms with E-state index in [1.807, 2.05) is 0 Å². The molecule has 1 heterocycles. The van der Waals surface area contributed by atoms with Crippen molar-refractivity contribution in [2.75, 3.05) is 59.4 Å². The van der Waals surface area contributed by atoms with Crippen LogP contribution in [0, 0.1) is 6.92 Å². The van der Waals surface area contributed by atoms with Crippen molar-refractivity contribution in [3.8, 4) is 0 Å². The summed E-state index contributed by atoms with van der Waals surface area (Å²) in [6, 6.07) is 8.59. The minimum Gasteiger partial charge on any atom is -0.357 e. The summed E-state index contributed by atoms with van der Waals surface area (Å²) in [5, 5.41) is 3.43. The molecule has 0 radical (unpaired) electrons. The summed E-state index contributed by atoms with van der Waals surface area (Å²) >= 11 is 0. The Balaban J connectivity index is 0.00000392. The summed E-state index contributed by atoms with van der Waals surface area (Å²) in [6.45, 7) is 16.5. The third kappa shape index (κ3) is 8.66. The van der Waals surface area contributed by atoms with Crippen molar-refractivity contribution in [3.05, 3.63) is 35.4 Å². The molecule has 1 aromatic carbocycles. The number of hydrogen-bond donors (Lipinski definition) is 1. The van der Waals surface area contributed by atoms with E-state index in [2.05, 4.69) is 72.1 Å². The van der Waals surface area contributed by atoms with Crippen molar-refractivity contribution in [2.45, 2.75) is 40.2 Å². The van der Waals surface area contributed by atoms with Crippen LogP contribution in [0.3, 0.4) is 0 Å². The first kappa shape index (κ1) is 25.2. The van der Waals surface area contributed by atoms with E-state index in [4.69, 9.17) is 4.99 Å². The van der Waals surface area contributed by atoms with Gasteiger partial charge in [-0.3, -0.25) is 4.99 Å². The number of guanidine groups is 1. The van der Waals surface area contributed by atoms with Crippen molar-refractivity contribution in [1.82, 2.24) is 20.0 Å². The molecule has 6 heteroatoms. The number of benzene rings is 1. The van der Waals surface area contributed by atoms with Crippen LogP contribution in [-0.2, 0) is 6.54 Å². The number of piperazine rings is 1. The summed E-state index contributed by atoms with van der Waals surface area (Å²) in [4.78, 5) is 12.2. The van der Waals surface area contributed by atoms with E-state index < -0.39 is 0 Å². The first-order valence-corrected chi connectivity index (χ1v) is 10.6. The van der Waals surface area contributed by atoms with E-state index >= 15 is 0 Å². The molecule has 0 saturated carbocycles. The van der Waals surface area contributed by atoms with Crippen LogP contribution in [0.2, 0.25) is 0 Å². The van der Waals surface area contributed by atoms with Gasteiger partial charge < -0.3 is 20.0 Å². The molecule has 0 unspecified atom stereocenters. The Morgan fingerprint density at radius 3 is 2.39 bits per heavy atom. The third-order valence-electron chi connectivity index (χ3n) is 5.42. The highest BCUT2D eigenvalue weighted by atomic mass is 127. The number of unbranched alkanes of at least 4 members (excludes halogenated alkanes) is 1. The molecule has 1 aliphatic heterocycles. The number of hydrogen-bond acceptors (Lipinski definition) is 3. The monoisotopic (exact) mass is 501 g/mol. The molecule has 0 aliphatic carbocycles. The Labute approximate surface area is 189 Å². The predicted octanol–water partition coefficient (Wildman–Crippen LogP) is 3.43. The summed E-state index contributed by atoms with van der Waals surface area (Å²) in [7, 11) is 2.13. The van der Waals surface area contributed by atoms with Gasteiger partial charge in [0.2, 0.25) is 0 Å². The van der Waals surface area contributed by atoms with Gasteiger partial charge in [0.05, 0.1) is 0 Å². The van der Waals surface area contributed by atoms with Crippen LogP contribution >= 0.6 is 24.0 Å². The summed E-state index contributed by atoms with van der Waals surface area (Å²) in [5.41, 5.74) is 2.69. The van der Waals surface area contributed by atoms with E-state index in [0.717, 1.165) is 32.0 Å². The maximum atomic E-state index is 4.85. The van der Waals surface area contributed by atoms with Crippen molar-refractivity contribution in [2.24, 2.45) is 4.99 Å². The number of rotatable bonds is 9. The van der Waals surface area contributed by atoms with Crippen LogP contribution in [0.15, 0.2) is 29.3 Å². The third-order valence-corrected chi connectivity index (χ3v) is 5.42. The van der Waals surface area contributed by atoms with Crippen LogP contribution < -0.4 is 5.32 Å². The minimum atomic E-state index is 0. The smallest absolute Gasteiger partial charge is 0.193 e. The van der Waals surface area contributed by atoms with Crippen LogP contribution in [0.4, 0.5) is 0 Å². The lowest BCUT2D eigenvalue weighted by Crippen LogP contribution is -2.46. The second kappa shape index (κ2) is 14.2. The minimum absolute atomic E-state index is 0. The van der Waals surface area contributed by atoms with Gasteiger partial charge in [0.15, 0.2) is 5.96 Å². The van der Waals surface area contributed by atoms with Gasteiger partial charge in [-0.15, -0.1) is 24.0 Å². The number of nitrogens with zero attached hydrogens (tertiary/aromatic N) is 4. The first-order chi connectivity index (χ1) is 13.1. The molecule has 0 bridgehead atoms. The lowest BCUT2D eigenvalue weighted by molar-refractivity contribution is 0.136. The van der Waals surface area contributed by atoms with E-state index in [-0.39, 0.29) is 24.0 Å². The van der Waals surface area contributed by atoms with Gasteiger partial charge in [0, 0.05) is 52.9 Å². The highest BCUT2D eigenvalue weighted by molar-refractivity contribution is 14.0. The highest BCUT2D eigenvalue weighted by Crippen LogP contribution is 2.10. The van der Waals surface area contributed by atoms with Crippen molar-refractivity contribution < 1.29 is 0 Å². The summed E-state index contributed by atoms with van der Waals surface area (Å²) < 4.78 is 0. The number of likely N-dealkylation sites (N-methyl/N-ethyl adjacent to an activating group) is 1. The fourth-order valence-electron chi connectivity index (χ4n) is 3.55. The molecule has 2 rings (SSSR count). The number of halogens is 1. The Kier molecular flexibility index (Phi) is 12.7. The van der Waals surface area contributed by atoms with Crippen LogP contribution in [0.25, 0.3) is 0 Å². The average molecular weight is 502 g/mol. The molecule has 1 aliphatic rings. The predicted molar refractivity (Wildman–Crippen MR) is 132 cm³/mol. The van der Waals surface area contributed by atoms with Gasteiger partial charge in [-0.2, -0.15) is 0 Å². The molecule has 0 aromatic heterocycles. The molecule has 5 nitrogen and oxygen atoms in total. The van der Waals surface area contributed by atoms with Crippen molar-refractivity contribution >= 4 is 29.9 Å². The van der Waals surface area contributed by atoms with E-state index in [0.29, 0.717) is 0 Å². The average Bonchev–Trinajstić information content (AvgIpc) is 2.69. The highest BCUT2D eigenvalue weighted by Gasteiger charge is 2.14. The van der Waals surface area contributed by atoms with Gasteiger partial charge >= 0.3 is 0 Å². The lowest BCUT2D eigenvalue weighted by Gasteiger charge is -2.33. The Hall–Kier alpha value is -0.860. The molecule has 28 heavy (non-hydrogen) atoms. The van der Waals surface area contributed by atoms with Crippen molar-refractivity contribution in [1.29, 1.82) is 0 Å². The number of aryl methyl sites for hydroxylation is 1. The van der Waals surface area contributed by atoms with Gasteiger partial charge in [0.1, 0.15) is 0 Å². The molecule has 0 atom stereocenters. The zero-order chi connectivity index (χ0) is 19.5. The molecule has 160 valence electrons. The second-order valence-corrected chi connectivity index (χ2v) is 7.50. The van der Waals surface area contributed by atoms with Gasteiger partial charge in [-0.25, -0.2) is 0 Å². The van der Waals surface area contributed by atoms with Crippen LogP contribution in [0.5, 0.6) is 0 Å². The Morgan fingerprint density at radius 2 is 1.75 bits per heavy atom. The van der Waals surface area contributed by atoms with Crippen molar-refractivity contribution in [3.63, 3.8) is 0 Å². The summed E-state index contributed by atoms with van der Waals surface area (Å²) in [5.74, 6) is 1.01. The van der Waals surface area contributed by atoms with Gasteiger partial charge in [0.25, 0.3) is 0 Å². The Morgan fingerprint density at radius 1 is 1.07 bits per heavy atom. The molecular weight excluding hydrogens is 461 g/mol. The van der Waals surface area contributed by atoms with Crippen LogP contribution in [-0.4, -0.2) is 80.1 Å². The topological polar surface area (TPSA) is 34.1 Å². The molecule has 1 aromatic rings. The number of aliphatic imine (C=N–C) groups is 1. The fraction of sp³-hybridized carbons (Fsp3) is 0.682. The van der Waals surface area contributed by atoms with Gasteiger partial charge in [-0.1, -0.05) is 31.2 Å². The largest absolute Gasteiger partial charge is 0.357 e.